The summed E-state index contributed by atoms with van der Waals surface area (Å²) < 4.78 is 14.1. The molecule has 1 aliphatic heterocycles. The SMILES string of the molecule is CC(C)C(C)(C)N(C)c1ncnc2c1CCN(c1ccccc1F)C2. The monoisotopic (exact) mass is 342 g/mol. The van der Waals surface area contributed by atoms with Crippen molar-refractivity contribution in [3.05, 3.63) is 47.7 Å². The molecule has 0 spiro atoms. The molecule has 0 fully saturated rings. The molecule has 0 radical (unpaired) electrons. The van der Waals surface area contributed by atoms with Crippen molar-refractivity contribution in [2.75, 3.05) is 23.4 Å². The molecule has 0 bridgehead atoms. The predicted molar refractivity (Wildman–Crippen MR) is 101 cm³/mol. The van der Waals surface area contributed by atoms with Crippen LogP contribution in [0.4, 0.5) is 15.9 Å². The first-order chi connectivity index (χ1) is 11.8. The first kappa shape index (κ1) is 17.6. The van der Waals surface area contributed by atoms with Crippen molar-refractivity contribution in [3.63, 3.8) is 0 Å². The number of hydrogen-bond acceptors (Lipinski definition) is 4. The topological polar surface area (TPSA) is 32.3 Å². The smallest absolute Gasteiger partial charge is 0.146 e. The Hall–Kier alpha value is -2.17. The quantitative estimate of drug-likeness (QED) is 0.839. The second kappa shape index (κ2) is 6.62. The molecule has 2 aromatic rings. The van der Waals surface area contributed by atoms with Gasteiger partial charge in [-0.3, -0.25) is 0 Å². The molecule has 4 nitrogen and oxygen atoms in total. The van der Waals surface area contributed by atoms with E-state index in [0.29, 0.717) is 18.2 Å². The molecule has 0 saturated heterocycles. The van der Waals surface area contributed by atoms with Crippen LogP contribution in [0.15, 0.2) is 30.6 Å². The van der Waals surface area contributed by atoms with Gasteiger partial charge in [-0.2, -0.15) is 0 Å². The number of aromatic nitrogens is 2. The Kier molecular flexibility index (Phi) is 4.67. The van der Waals surface area contributed by atoms with Crippen LogP contribution in [0.2, 0.25) is 0 Å². The number of hydrogen-bond donors (Lipinski definition) is 0. The number of para-hydroxylation sites is 1. The Labute approximate surface area is 149 Å². The average Bonchev–Trinajstić information content (AvgIpc) is 2.60. The van der Waals surface area contributed by atoms with Gasteiger partial charge in [0.15, 0.2) is 0 Å². The van der Waals surface area contributed by atoms with E-state index in [1.165, 1.54) is 11.6 Å². The van der Waals surface area contributed by atoms with Crippen LogP contribution in [0.3, 0.4) is 0 Å². The number of nitrogens with zero attached hydrogens (tertiary/aromatic N) is 4. The number of benzene rings is 1. The number of anilines is 2. The van der Waals surface area contributed by atoms with Gasteiger partial charge in [0, 0.05) is 24.7 Å². The zero-order valence-electron chi connectivity index (χ0n) is 15.8. The van der Waals surface area contributed by atoms with Crippen molar-refractivity contribution in [2.24, 2.45) is 5.92 Å². The fourth-order valence-corrected chi connectivity index (χ4v) is 3.20. The molecule has 134 valence electrons. The molecule has 3 rings (SSSR count). The molecule has 1 aromatic heterocycles. The lowest BCUT2D eigenvalue weighted by Crippen LogP contribution is -2.47. The van der Waals surface area contributed by atoms with Crippen molar-refractivity contribution in [3.8, 4) is 0 Å². The Balaban J connectivity index is 1.92. The minimum atomic E-state index is -0.182. The molecule has 0 N–H and O–H groups in total. The minimum absolute atomic E-state index is 0.00913. The molecule has 1 aliphatic rings. The highest BCUT2D eigenvalue weighted by Crippen LogP contribution is 2.33. The molecule has 0 aliphatic carbocycles. The Morgan fingerprint density at radius 2 is 1.92 bits per heavy atom. The van der Waals surface area contributed by atoms with E-state index in [1.54, 1.807) is 12.4 Å². The fourth-order valence-electron chi connectivity index (χ4n) is 3.20. The van der Waals surface area contributed by atoms with Gasteiger partial charge in [0.1, 0.15) is 18.0 Å². The Bertz CT molecular complexity index is 757. The first-order valence-electron chi connectivity index (χ1n) is 8.88. The third-order valence-corrected chi connectivity index (χ3v) is 5.77. The van der Waals surface area contributed by atoms with Crippen LogP contribution in [0.25, 0.3) is 0 Å². The molecule has 5 heteroatoms. The summed E-state index contributed by atoms with van der Waals surface area (Å²) in [6.45, 7) is 10.3. The van der Waals surface area contributed by atoms with Crippen LogP contribution in [-0.4, -0.2) is 29.1 Å². The first-order valence-corrected chi connectivity index (χ1v) is 8.88. The van der Waals surface area contributed by atoms with Crippen molar-refractivity contribution in [2.45, 2.75) is 46.2 Å². The summed E-state index contributed by atoms with van der Waals surface area (Å²) >= 11 is 0. The molecule has 2 heterocycles. The van der Waals surface area contributed by atoms with Gasteiger partial charge in [0.25, 0.3) is 0 Å². The van der Waals surface area contributed by atoms with Crippen molar-refractivity contribution >= 4 is 11.5 Å². The summed E-state index contributed by atoms with van der Waals surface area (Å²) in [6.07, 6.45) is 2.45. The maximum absolute atomic E-state index is 14.1. The second-order valence-corrected chi connectivity index (χ2v) is 7.61. The van der Waals surface area contributed by atoms with Crippen LogP contribution in [0, 0.1) is 11.7 Å². The third-order valence-electron chi connectivity index (χ3n) is 5.77. The molecular weight excluding hydrogens is 315 g/mol. The lowest BCUT2D eigenvalue weighted by Gasteiger charge is -2.42. The number of rotatable bonds is 4. The van der Waals surface area contributed by atoms with E-state index in [-0.39, 0.29) is 11.4 Å². The van der Waals surface area contributed by atoms with Gasteiger partial charge < -0.3 is 9.80 Å². The number of halogens is 1. The standard InChI is InChI=1S/C20H27FN4/c1-14(2)20(3,4)24(5)19-15-10-11-25(12-17(15)22-13-23-19)18-9-7-6-8-16(18)21/h6-9,13-14H,10-12H2,1-5H3. The van der Waals surface area contributed by atoms with E-state index in [9.17, 15) is 4.39 Å². The van der Waals surface area contributed by atoms with E-state index < -0.39 is 0 Å². The van der Waals surface area contributed by atoms with E-state index in [4.69, 9.17) is 0 Å². The van der Waals surface area contributed by atoms with Gasteiger partial charge in [-0.25, -0.2) is 14.4 Å². The molecule has 0 atom stereocenters. The normalized spacial score (nSPS) is 14.6. The molecule has 25 heavy (non-hydrogen) atoms. The molecule has 0 saturated carbocycles. The third kappa shape index (κ3) is 3.20. The Morgan fingerprint density at radius 1 is 1.20 bits per heavy atom. The highest BCUT2D eigenvalue weighted by atomic mass is 19.1. The van der Waals surface area contributed by atoms with Crippen LogP contribution >= 0.6 is 0 Å². The van der Waals surface area contributed by atoms with Gasteiger partial charge in [-0.05, 0) is 38.3 Å². The van der Waals surface area contributed by atoms with Gasteiger partial charge in [-0.15, -0.1) is 0 Å². The average molecular weight is 342 g/mol. The maximum Gasteiger partial charge on any atom is 0.146 e. The zero-order valence-corrected chi connectivity index (χ0v) is 15.8. The van der Waals surface area contributed by atoms with Gasteiger partial charge in [-0.1, -0.05) is 26.0 Å². The largest absolute Gasteiger partial charge is 0.363 e. The Morgan fingerprint density at radius 3 is 2.60 bits per heavy atom. The summed E-state index contributed by atoms with van der Waals surface area (Å²) in [7, 11) is 2.10. The van der Waals surface area contributed by atoms with Crippen LogP contribution in [0.5, 0.6) is 0 Å². The summed E-state index contributed by atoms with van der Waals surface area (Å²) in [4.78, 5) is 13.4. The highest BCUT2D eigenvalue weighted by Gasteiger charge is 2.32. The highest BCUT2D eigenvalue weighted by molar-refractivity contribution is 5.55. The summed E-state index contributed by atoms with van der Waals surface area (Å²) in [5.74, 6) is 1.30. The summed E-state index contributed by atoms with van der Waals surface area (Å²) in [5.41, 5.74) is 2.81. The lowest BCUT2D eigenvalue weighted by atomic mass is 9.88. The van der Waals surface area contributed by atoms with E-state index in [0.717, 1.165) is 24.5 Å². The maximum atomic E-state index is 14.1. The number of fused-ring (bicyclic) bond motifs is 1. The lowest BCUT2D eigenvalue weighted by molar-refractivity contribution is 0.352. The van der Waals surface area contributed by atoms with Crippen molar-refractivity contribution in [1.82, 2.24) is 9.97 Å². The van der Waals surface area contributed by atoms with Gasteiger partial charge >= 0.3 is 0 Å². The summed E-state index contributed by atoms with van der Waals surface area (Å²) in [6, 6.07) is 6.93. The van der Waals surface area contributed by atoms with E-state index in [1.807, 2.05) is 12.1 Å². The van der Waals surface area contributed by atoms with Gasteiger partial charge in [0.2, 0.25) is 0 Å². The minimum Gasteiger partial charge on any atom is -0.363 e. The van der Waals surface area contributed by atoms with E-state index in [2.05, 4.69) is 54.5 Å². The second-order valence-electron chi connectivity index (χ2n) is 7.61. The zero-order chi connectivity index (χ0) is 18.2. The summed E-state index contributed by atoms with van der Waals surface area (Å²) in [5, 5.41) is 0. The predicted octanol–water partition coefficient (Wildman–Crippen LogP) is 4.05. The molecule has 0 amide bonds. The molecule has 1 aromatic carbocycles. The molecular formula is C20H27FN4. The van der Waals surface area contributed by atoms with Crippen molar-refractivity contribution < 1.29 is 4.39 Å². The fraction of sp³-hybridized carbons (Fsp3) is 0.500. The van der Waals surface area contributed by atoms with E-state index >= 15 is 0 Å². The van der Waals surface area contributed by atoms with Crippen LogP contribution in [0.1, 0.15) is 39.0 Å². The molecule has 0 unspecified atom stereocenters. The van der Waals surface area contributed by atoms with Crippen LogP contribution in [-0.2, 0) is 13.0 Å². The van der Waals surface area contributed by atoms with Crippen LogP contribution < -0.4 is 9.80 Å². The van der Waals surface area contributed by atoms with Gasteiger partial charge in [0.05, 0.1) is 17.9 Å². The van der Waals surface area contributed by atoms with Crippen molar-refractivity contribution in [1.29, 1.82) is 0 Å².